The number of nitrogens with zero attached hydrogens (tertiary/aromatic N) is 3. The predicted octanol–water partition coefficient (Wildman–Crippen LogP) is 0.964. The fourth-order valence-corrected chi connectivity index (χ4v) is 1.47. The van der Waals surface area contributed by atoms with Gasteiger partial charge in [0.25, 0.3) is 0 Å². The molecule has 2 aromatic rings. The summed E-state index contributed by atoms with van der Waals surface area (Å²) >= 11 is 0. The van der Waals surface area contributed by atoms with E-state index in [1.54, 1.807) is 13.2 Å². The van der Waals surface area contributed by atoms with Crippen LogP contribution >= 0.6 is 0 Å². The molecule has 1 aromatic heterocycles. The molecule has 4 N–H and O–H groups in total. The second-order valence-electron chi connectivity index (χ2n) is 3.59. The Morgan fingerprint density at radius 2 is 2.29 bits per heavy atom. The lowest BCUT2D eigenvalue weighted by molar-refractivity contribution is 0.417. The molecule has 1 unspecified atom stereocenters. The molecule has 1 atom stereocenters. The number of benzene rings is 1. The molecule has 2 rings (SSSR count). The Morgan fingerprint density at radius 3 is 2.94 bits per heavy atom. The number of nitrogen functional groups attached to an aromatic ring is 1. The topological polar surface area (TPSA) is 102 Å². The van der Waals surface area contributed by atoms with Crippen molar-refractivity contribution in [3.63, 3.8) is 0 Å². The Labute approximate surface area is 98.4 Å². The Bertz CT molecular complexity index is 484. The van der Waals surface area contributed by atoms with Crippen LogP contribution in [0.3, 0.4) is 0 Å². The molecule has 0 aliphatic carbocycles. The summed E-state index contributed by atoms with van der Waals surface area (Å²) in [6.45, 7) is 1.94. The normalized spacial score (nSPS) is 12.1. The van der Waals surface area contributed by atoms with Gasteiger partial charge in [0, 0.05) is 11.8 Å². The van der Waals surface area contributed by atoms with Gasteiger partial charge in [0.05, 0.1) is 18.8 Å². The minimum atomic E-state index is -0.0536. The average molecular weight is 234 g/mol. The van der Waals surface area contributed by atoms with Crippen LogP contribution in [0.25, 0.3) is 0 Å². The summed E-state index contributed by atoms with van der Waals surface area (Å²) in [5.41, 5.74) is 7.22. The molecule has 1 aromatic carbocycles. The molecule has 0 bridgehead atoms. The van der Waals surface area contributed by atoms with Gasteiger partial charge in [-0.05, 0) is 19.1 Å². The van der Waals surface area contributed by atoms with E-state index < -0.39 is 0 Å². The van der Waals surface area contributed by atoms with Crippen LogP contribution in [0.2, 0.25) is 0 Å². The number of anilines is 2. The van der Waals surface area contributed by atoms with Crippen molar-refractivity contribution in [2.45, 2.75) is 13.0 Å². The quantitative estimate of drug-likeness (QED) is 0.681. The highest BCUT2D eigenvalue weighted by Gasteiger charge is 2.10. The van der Waals surface area contributed by atoms with Crippen molar-refractivity contribution >= 4 is 11.4 Å². The third-order valence-electron chi connectivity index (χ3n) is 2.37. The number of hydrogen-bond donors (Lipinski definition) is 3. The van der Waals surface area contributed by atoms with Crippen molar-refractivity contribution in [2.24, 2.45) is 0 Å². The summed E-state index contributed by atoms with van der Waals surface area (Å²) in [7, 11) is 1.58. The first kappa shape index (κ1) is 11.2. The zero-order chi connectivity index (χ0) is 12.3. The minimum Gasteiger partial charge on any atom is -0.495 e. The monoisotopic (exact) mass is 234 g/mol. The van der Waals surface area contributed by atoms with Crippen molar-refractivity contribution in [3.8, 4) is 5.75 Å². The molecule has 17 heavy (non-hydrogen) atoms. The van der Waals surface area contributed by atoms with Gasteiger partial charge in [0.2, 0.25) is 0 Å². The van der Waals surface area contributed by atoms with Crippen LogP contribution in [0.5, 0.6) is 5.75 Å². The third kappa shape index (κ3) is 2.44. The Kier molecular flexibility index (Phi) is 3.08. The second kappa shape index (κ2) is 4.69. The third-order valence-corrected chi connectivity index (χ3v) is 2.37. The number of tetrazole rings is 1. The summed E-state index contributed by atoms with van der Waals surface area (Å²) in [6.07, 6.45) is 0. The van der Waals surface area contributed by atoms with Crippen molar-refractivity contribution in [1.82, 2.24) is 20.6 Å². The summed E-state index contributed by atoms with van der Waals surface area (Å²) in [5, 5.41) is 17.0. The molecule has 7 nitrogen and oxygen atoms in total. The molecule has 0 radical (unpaired) electrons. The highest BCUT2D eigenvalue weighted by molar-refractivity contribution is 5.61. The molecule has 1 heterocycles. The zero-order valence-electron chi connectivity index (χ0n) is 9.64. The Hall–Kier alpha value is -2.31. The predicted molar refractivity (Wildman–Crippen MR) is 63.6 cm³/mol. The molecule has 0 amide bonds. The highest BCUT2D eigenvalue weighted by atomic mass is 16.5. The van der Waals surface area contributed by atoms with Crippen LogP contribution in [0.1, 0.15) is 18.8 Å². The molecule has 0 saturated carbocycles. The van der Waals surface area contributed by atoms with Crippen molar-refractivity contribution < 1.29 is 4.74 Å². The number of rotatable bonds is 4. The lowest BCUT2D eigenvalue weighted by atomic mass is 10.2. The number of aromatic nitrogens is 4. The molecular weight excluding hydrogens is 220 g/mol. The lowest BCUT2D eigenvalue weighted by Gasteiger charge is -2.13. The van der Waals surface area contributed by atoms with Gasteiger partial charge >= 0.3 is 0 Å². The van der Waals surface area contributed by atoms with Gasteiger partial charge in [-0.1, -0.05) is 5.21 Å². The van der Waals surface area contributed by atoms with E-state index in [-0.39, 0.29) is 6.04 Å². The maximum Gasteiger partial charge on any atom is 0.196 e. The van der Waals surface area contributed by atoms with E-state index in [9.17, 15) is 0 Å². The van der Waals surface area contributed by atoms with E-state index in [0.29, 0.717) is 17.3 Å². The minimum absolute atomic E-state index is 0.0536. The van der Waals surface area contributed by atoms with Crippen LogP contribution in [0, 0.1) is 0 Å². The SMILES string of the molecule is COc1cc(NC(C)c2nn[nH]n2)ccc1N. The molecule has 90 valence electrons. The van der Waals surface area contributed by atoms with Gasteiger partial charge in [0.1, 0.15) is 5.75 Å². The van der Waals surface area contributed by atoms with E-state index >= 15 is 0 Å². The fourth-order valence-electron chi connectivity index (χ4n) is 1.47. The standard InChI is InChI=1S/C10H14N6O/c1-6(10-13-15-16-14-10)12-7-3-4-8(11)9(5-7)17-2/h3-6,12H,11H2,1-2H3,(H,13,14,15,16). The van der Waals surface area contributed by atoms with Crippen molar-refractivity contribution in [2.75, 3.05) is 18.2 Å². The summed E-state index contributed by atoms with van der Waals surface area (Å²) in [6, 6.07) is 5.42. The molecule has 0 saturated heterocycles. The first-order chi connectivity index (χ1) is 8.20. The molecule has 0 fully saturated rings. The van der Waals surface area contributed by atoms with Gasteiger partial charge in [-0.2, -0.15) is 5.21 Å². The van der Waals surface area contributed by atoms with Crippen LogP contribution in [-0.4, -0.2) is 27.7 Å². The first-order valence-corrected chi connectivity index (χ1v) is 5.14. The number of aromatic amines is 1. The second-order valence-corrected chi connectivity index (χ2v) is 3.59. The van der Waals surface area contributed by atoms with E-state index in [0.717, 1.165) is 5.69 Å². The zero-order valence-corrected chi connectivity index (χ0v) is 9.64. The van der Waals surface area contributed by atoms with Crippen molar-refractivity contribution in [1.29, 1.82) is 0 Å². The number of H-pyrrole nitrogens is 1. The first-order valence-electron chi connectivity index (χ1n) is 5.14. The van der Waals surface area contributed by atoms with Gasteiger partial charge < -0.3 is 15.8 Å². The smallest absolute Gasteiger partial charge is 0.196 e. The number of methoxy groups -OCH3 is 1. The van der Waals surface area contributed by atoms with Crippen LogP contribution < -0.4 is 15.8 Å². The number of nitrogens with two attached hydrogens (primary N) is 1. The largest absolute Gasteiger partial charge is 0.495 e. The van der Waals surface area contributed by atoms with Gasteiger partial charge in [-0.3, -0.25) is 0 Å². The van der Waals surface area contributed by atoms with Crippen LogP contribution in [-0.2, 0) is 0 Å². The van der Waals surface area contributed by atoms with Gasteiger partial charge in [-0.25, -0.2) is 0 Å². The van der Waals surface area contributed by atoms with Crippen LogP contribution in [0.15, 0.2) is 18.2 Å². The summed E-state index contributed by atoms with van der Waals surface area (Å²) in [4.78, 5) is 0. The van der Waals surface area contributed by atoms with E-state index in [1.807, 2.05) is 19.1 Å². The maximum absolute atomic E-state index is 5.73. The molecule has 0 aliphatic rings. The lowest BCUT2D eigenvalue weighted by Crippen LogP contribution is -2.08. The Balaban J connectivity index is 2.13. The number of hydrogen-bond acceptors (Lipinski definition) is 6. The number of ether oxygens (including phenoxy) is 1. The van der Waals surface area contributed by atoms with Gasteiger partial charge in [0.15, 0.2) is 5.82 Å². The maximum atomic E-state index is 5.73. The van der Waals surface area contributed by atoms with E-state index in [2.05, 4.69) is 25.9 Å². The molecule has 0 aliphatic heterocycles. The molecular formula is C10H14N6O. The fraction of sp³-hybridized carbons (Fsp3) is 0.300. The highest BCUT2D eigenvalue weighted by Crippen LogP contribution is 2.26. The van der Waals surface area contributed by atoms with Crippen LogP contribution in [0.4, 0.5) is 11.4 Å². The van der Waals surface area contributed by atoms with Gasteiger partial charge in [-0.15, -0.1) is 10.2 Å². The number of nitrogens with one attached hydrogen (secondary N) is 2. The van der Waals surface area contributed by atoms with E-state index in [1.165, 1.54) is 0 Å². The average Bonchev–Trinajstić information content (AvgIpc) is 2.85. The van der Waals surface area contributed by atoms with E-state index in [4.69, 9.17) is 10.5 Å². The molecule has 0 spiro atoms. The van der Waals surface area contributed by atoms with Crippen molar-refractivity contribution in [3.05, 3.63) is 24.0 Å². The molecule has 7 heteroatoms. The summed E-state index contributed by atoms with van der Waals surface area (Å²) in [5.74, 6) is 1.23. The summed E-state index contributed by atoms with van der Waals surface area (Å²) < 4.78 is 5.14. The Morgan fingerprint density at radius 1 is 1.47 bits per heavy atom.